The Bertz CT molecular complexity index is 1230. The third-order valence-electron chi connectivity index (χ3n) is 4.92. The van der Waals surface area contributed by atoms with E-state index in [2.05, 4.69) is 37.6 Å². The average Bonchev–Trinajstić information content (AvgIpc) is 3.14. The maximum atomic E-state index is 9.70. The van der Waals surface area contributed by atoms with E-state index in [-0.39, 0.29) is 0 Å². The van der Waals surface area contributed by atoms with Crippen molar-refractivity contribution < 1.29 is 0 Å². The smallest absolute Gasteiger partial charge is 0.181 e. The Morgan fingerprint density at radius 2 is 1.86 bits per heavy atom. The number of aromatic nitrogens is 3. The number of H-pyrrole nitrogens is 1. The van der Waals surface area contributed by atoms with Gasteiger partial charge in [-0.3, -0.25) is 10.1 Å². The van der Waals surface area contributed by atoms with E-state index in [9.17, 15) is 10.5 Å². The van der Waals surface area contributed by atoms with Crippen LogP contribution in [0.3, 0.4) is 0 Å². The molecular weight excluding hydrogens is 362 g/mol. The molecule has 7 nitrogen and oxygen atoms in total. The number of aliphatic imine (C=N–C) groups is 1. The standard InChI is InChI=1S/C22H17N7/c1-13-18(9-23)21(19(10-24)14(2)27-13)16-5-6-20-17(8-16)22(29-28-20)26-12-15-4-3-7-25-11-15/h3-8,11-12,21,27H,1-2H3,(H,28,29)/b26-12+. The van der Waals surface area contributed by atoms with Gasteiger partial charge in [0.2, 0.25) is 0 Å². The molecule has 140 valence electrons. The molecule has 29 heavy (non-hydrogen) atoms. The number of nitrogens with zero attached hydrogens (tertiary/aromatic N) is 5. The maximum absolute atomic E-state index is 9.70. The van der Waals surface area contributed by atoms with Crippen LogP contribution in [0, 0.1) is 22.7 Å². The zero-order valence-corrected chi connectivity index (χ0v) is 15.9. The SMILES string of the molecule is CC1=C(C#N)C(c2ccc3[nH]nc(/N=C/c4cccnc4)c3c2)C(C#N)=C(C)N1. The van der Waals surface area contributed by atoms with E-state index < -0.39 is 5.92 Å². The largest absolute Gasteiger partial charge is 0.361 e. The number of hydrogen-bond acceptors (Lipinski definition) is 6. The van der Waals surface area contributed by atoms with Crippen LogP contribution in [0.15, 0.2) is 70.3 Å². The number of nitrogens with one attached hydrogen (secondary N) is 2. The molecule has 0 amide bonds. The van der Waals surface area contributed by atoms with E-state index in [1.165, 1.54) is 0 Å². The Hall–Kier alpha value is -4.23. The Balaban J connectivity index is 1.81. The number of hydrogen-bond donors (Lipinski definition) is 2. The first-order valence-electron chi connectivity index (χ1n) is 9.03. The highest BCUT2D eigenvalue weighted by molar-refractivity contribution is 5.92. The van der Waals surface area contributed by atoms with Gasteiger partial charge in [-0.15, -0.1) is 0 Å². The molecule has 3 aromatic rings. The van der Waals surface area contributed by atoms with Crippen molar-refractivity contribution in [1.82, 2.24) is 20.5 Å². The molecule has 0 atom stereocenters. The van der Waals surface area contributed by atoms with Gasteiger partial charge in [0, 0.05) is 41.0 Å². The Morgan fingerprint density at radius 3 is 2.52 bits per heavy atom. The second kappa shape index (κ2) is 7.41. The lowest BCUT2D eigenvalue weighted by atomic mass is 9.81. The second-order valence-corrected chi connectivity index (χ2v) is 6.76. The van der Waals surface area contributed by atoms with E-state index in [0.717, 1.165) is 33.4 Å². The minimum Gasteiger partial charge on any atom is -0.361 e. The van der Waals surface area contributed by atoms with Gasteiger partial charge in [-0.25, -0.2) is 4.99 Å². The molecule has 0 radical (unpaired) electrons. The van der Waals surface area contributed by atoms with E-state index in [4.69, 9.17) is 0 Å². The van der Waals surface area contributed by atoms with E-state index in [1.807, 2.05) is 44.2 Å². The molecular formula is C22H17N7. The summed E-state index contributed by atoms with van der Waals surface area (Å²) in [5.74, 6) is 0.124. The lowest BCUT2D eigenvalue weighted by Crippen LogP contribution is -2.23. The van der Waals surface area contributed by atoms with Crippen LogP contribution >= 0.6 is 0 Å². The van der Waals surface area contributed by atoms with E-state index in [1.54, 1.807) is 18.6 Å². The fourth-order valence-electron chi connectivity index (χ4n) is 3.51. The summed E-state index contributed by atoms with van der Waals surface area (Å²) in [5, 5.41) is 30.6. The molecule has 3 heterocycles. The van der Waals surface area contributed by atoms with Crippen LogP contribution in [0.5, 0.6) is 0 Å². The average molecular weight is 379 g/mol. The summed E-state index contributed by atoms with van der Waals surface area (Å²) < 4.78 is 0. The van der Waals surface area contributed by atoms with Crippen molar-refractivity contribution in [2.45, 2.75) is 19.8 Å². The first kappa shape index (κ1) is 18.1. The highest BCUT2D eigenvalue weighted by atomic mass is 15.2. The van der Waals surface area contributed by atoms with Gasteiger partial charge in [-0.2, -0.15) is 15.6 Å². The predicted molar refractivity (Wildman–Crippen MR) is 110 cm³/mol. The quantitative estimate of drug-likeness (QED) is 0.668. The molecule has 0 saturated heterocycles. The van der Waals surface area contributed by atoms with Gasteiger partial charge in [-0.1, -0.05) is 12.1 Å². The monoisotopic (exact) mass is 379 g/mol. The lowest BCUT2D eigenvalue weighted by molar-refractivity contribution is 0.815. The highest BCUT2D eigenvalue weighted by Gasteiger charge is 2.29. The molecule has 1 aliphatic heterocycles. The highest BCUT2D eigenvalue weighted by Crippen LogP contribution is 2.39. The summed E-state index contributed by atoms with van der Waals surface area (Å²) in [7, 11) is 0. The van der Waals surface area contributed by atoms with Crippen LogP contribution in [0.2, 0.25) is 0 Å². The molecule has 0 bridgehead atoms. The van der Waals surface area contributed by atoms with Gasteiger partial charge in [0.05, 0.1) is 34.7 Å². The molecule has 4 rings (SSSR count). The van der Waals surface area contributed by atoms with Crippen molar-refractivity contribution in [1.29, 1.82) is 10.5 Å². The molecule has 0 spiro atoms. The molecule has 1 aromatic carbocycles. The molecule has 0 unspecified atom stereocenters. The van der Waals surface area contributed by atoms with Gasteiger partial charge >= 0.3 is 0 Å². The topological polar surface area (TPSA) is 114 Å². The van der Waals surface area contributed by atoms with Crippen molar-refractivity contribution in [3.8, 4) is 12.1 Å². The number of aromatic amines is 1. The van der Waals surface area contributed by atoms with Crippen LogP contribution in [-0.4, -0.2) is 21.4 Å². The van der Waals surface area contributed by atoms with E-state index in [0.29, 0.717) is 17.0 Å². The summed E-state index contributed by atoms with van der Waals surface area (Å²) in [6, 6.07) is 14.0. The third-order valence-corrected chi connectivity index (χ3v) is 4.92. The number of pyridine rings is 1. The van der Waals surface area contributed by atoms with Gasteiger partial charge in [0.25, 0.3) is 0 Å². The van der Waals surface area contributed by atoms with Crippen LogP contribution in [0.1, 0.15) is 30.9 Å². The van der Waals surface area contributed by atoms with Crippen molar-refractivity contribution >= 4 is 22.9 Å². The van der Waals surface area contributed by atoms with Crippen LogP contribution in [0.25, 0.3) is 10.9 Å². The number of rotatable bonds is 3. The van der Waals surface area contributed by atoms with Gasteiger partial charge in [-0.05, 0) is 37.6 Å². The first-order chi connectivity index (χ1) is 14.1. The van der Waals surface area contributed by atoms with Crippen molar-refractivity contribution in [2.75, 3.05) is 0 Å². The number of dihydropyridines is 1. The predicted octanol–water partition coefficient (Wildman–Crippen LogP) is 3.99. The van der Waals surface area contributed by atoms with Crippen LogP contribution < -0.4 is 5.32 Å². The summed E-state index contributed by atoms with van der Waals surface area (Å²) in [5.41, 5.74) is 5.15. The second-order valence-electron chi connectivity index (χ2n) is 6.76. The number of fused-ring (bicyclic) bond motifs is 1. The molecule has 7 heteroatoms. The van der Waals surface area contributed by atoms with E-state index >= 15 is 0 Å². The van der Waals surface area contributed by atoms with Crippen molar-refractivity contribution in [2.24, 2.45) is 4.99 Å². The van der Waals surface area contributed by atoms with Gasteiger partial charge in [0.15, 0.2) is 5.82 Å². The van der Waals surface area contributed by atoms with Gasteiger partial charge in [0.1, 0.15) is 0 Å². The number of allylic oxidation sites excluding steroid dienone is 4. The minimum absolute atomic E-state index is 0.416. The summed E-state index contributed by atoms with van der Waals surface area (Å²) in [4.78, 5) is 8.56. The van der Waals surface area contributed by atoms with Crippen molar-refractivity contribution in [3.05, 3.63) is 76.4 Å². The Kier molecular flexibility index (Phi) is 4.64. The van der Waals surface area contributed by atoms with Gasteiger partial charge < -0.3 is 5.32 Å². The Morgan fingerprint density at radius 1 is 1.10 bits per heavy atom. The van der Waals surface area contributed by atoms with Crippen LogP contribution in [0.4, 0.5) is 5.82 Å². The summed E-state index contributed by atoms with van der Waals surface area (Å²) in [6.07, 6.45) is 5.13. The molecule has 2 aromatic heterocycles. The normalized spacial score (nSPS) is 14.9. The zero-order valence-electron chi connectivity index (χ0n) is 15.9. The molecule has 0 saturated carbocycles. The number of nitriles is 2. The minimum atomic E-state index is -0.416. The van der Waals surface area contributed by atoms with Crippen molar-refractivity contribution in [3.63, 3.8) is 0 Å². The fourth-order valence-corrected chi connectivity index (χ4v) is 3.51. The first-order valence-corrected chi connectivity index (χ1v) is 9.03. The lowest BCUT2D eigenvalue weighted by Gasteiger charge is -2.26. The summed E-state index contributed by atoms with van der Waals surface area (Å²) >= 11 is 0. The van der Waals surface area contributed by atoms with Crippen LogP contribution in [-0.2, 0) is 0 Å². The number of benzene rings is 1. The third kappa shape index (κ3) is 3.26. The Labute approximate surface area is 167 Å². The zero-order chi connectivity index (χ0) is 20.4. The summed E-state index contributed by atoms with van der Waals surface area (Å²) in [6.45, 7) is 3.70. The fraction of sp³-hybridized carbons (Fsp3) is 0.136. The maximum Gasteiger partial charge on any atom is 0.181 e. The molecule has 1 aliphatic rings. The molecule has 0 aliphatic carbocycles. The molecule has 0 fully saturated rings. The molecule has 2 N–H and O–H groups in total.